The minimum absolute atomic E-state index is 0.0847. The van der Waals surface area contributed by atoms with Gasteiger partial charge in [-0.25, -0.2) is 4.39 Å². The summed E-state index contributed by atoms with van der Waals surface area (Å²) >= 11 is 0. The minimum atomic E-state index is -1.01. The molecule has 3 aromatic rings. The highest BCUT2D eigenvalue weighted by Crippen LogP contribution is 2.36. The van der Waals surface area contributed by atoms with E-state index in [4.69, 9.17) is 19.4 Å². The fraction of sp³-hybridized carbons (Fsp3) is 0.455. The van der Waals surface area contributed by atoms with Crippen molar-refractivity contribution in [3.05, 3.63) is 65.6 Å². The maximum atomic E-state index is 13.8. The first kappa shape index (κ1) is 28.9. The summed E-state index contributed by atoms with van der Waals surface area (Å²) in [7, 11) is 0. The number of anilines is 2. The number of fused-ring (bicyclic) bond motifs is 2. The summed E-state index contributed by atoms with van der Waals surface area (Å²) in [6, 6.07) is 14.8. The van der Waals surface area contributed by atoms with Crippen LogP contribution in [0.25, 0.3) is 10.8 Å². The summed E-state index contributed by atoms with van der Waals surface area (Å²) < 4.78 is 25.6. The predicted molar refractivity (Wildman–Crippen MR) is 163 cm³/mol. The zero-order chi connectivity index (χ0) is 29.9. The number of nitrogens with zero attached hydrogens (tertiary/aromatic N) is 6. The molecule has 0 unspecified atom stereocenters. The van der Waals surface area contributed by atoms with Gasteiger partial charge in [-0.15, -0.1) is 0 Å². The summed E-state index contributed by atoms with van der Waals surface area (Å²) in [4.78, 5) is 28.1. The topological polar surface area (TPSA) is 94.8 Å². The molecule has 6 rings (SSSR count). The lowest BCUT2D eigenvalue weighted by molar-refractivity contribution is -0.131. The average molecular weight is 585 g/mol. The zero-order valence-corrected chi connectivity index (χ0v) is 24.6. The average Bonchev–Trinajstić information content (AvgIpc) is 3.84. The molecule has 1 saturated carbocycles. The fourth-order valence-electron chi connectivity index (χ4n) is 6.15. The molecule has 0 radical (unpaired) electrons. The third-order valence-electron chi connectivity index (χ3n) is 8.45. The second kappa shape index (κ2) is 12.6. The van der Waals surface area contributed by atoms with E-state index in [-0.39, 0.29) is 13.0 Å². The number of hydrogen-bond acceptors (Lipinski definition) is 8. The van der Waals surface area contributed by atoms with E-state index >= 15 is 0 Å². The van der Waals surface area contributed by atoms with Crippen molar-refractivity contribution in [2.45, 2.75) is 57.7 Å². The molecule has 1 atom stereocenters. The van der Waals surface area contributed by atoms with E-state index in [1.807, 2.05) is 0 Å². The number of aromatic nitrogens is 2. The normalized spacial score (nSPS) is 18.3. The Labute approximate surface area is 251 Å². The molecule has 10 heteroatoms. The van der Waals surface area contributed by atoms with Crippen LogP contribution in [0.1, 0.15) is 42.5 Å². The molecular formula is C33H37FN6O3. The summed E-state index contributed by atoms with van der Waals surface area (Å²) in [5.74, 6) is -1.01. The quantitative estimate of drug-likeness (QED) is 0.246. The number of benzene rings is 2. The maximum Gasteiger partial charge on any atom is 0.318 e. The summed E-state index contributed by atoms with van der Waals surface area (Å²) in [6.45, 7) is 8.86. The third-order valence-corrected chi connectivity index (χ3v) is 8.45. The lowest BCUT2D eigenvalue weighted by atomic mass is 9.99. The molecule has 1 aromatic heterocycles. The van der Waals surface area contributed by atoms with Gasteiger partial charge in [-0.2, -0.15) is 15.2 Å². The number of aryl methyl sites for hydroxylation is 1. The number of halogens is 1. The highest BCUT2D eigenvalue weighted by Gasteiger charge is 2.35. The molecule has 0 spiro atoms. The molecule has 224 valence electrons. The number of carbonyl (C=O) groups is 1. The van der Waals surface area contributed by atoms with Gasteiger partial charge in [-0.05, 0) is 43.2 Å². The van der Waals surface area contributed by atoms with Crippen molar-refractivity contribution in [1.29, 1.82) is 5.26 Å². The first-order valence-corrected chi connectivity index (χ1v) is 15.1. The number of rotatable bonds is 10. The van der Waals surface area contributed by atoms with E-state index in [9.17, 15) is 14.4 Å². The van der Waals surface area contributed by atoms with Crippen molar-refractivity contribution in [2.24, 2.45) is 0 Å². The van der Waals surface area contributed by atoms with Gasteiger partial charge in [0.15, 0.2) is 5.83 Å². The van der Waals surface area contributed by atoms with Gasteiger partial charge in [0.05, 0.1) is 50.1 Å². The van der Waals surface area contributed by atoms with Crippen LogP contribution in [0, 0.1) is 18.3 Å². The molecule has 0 bridgehead atoms. The Morgan fingerprint density at radius 1 is 1.12 bits per heavy atom. The molecule has 2 fully saturated rings. The second-order valence-electron chi connectivity index (χ2n) is 11.5. The van der Waals surface area contributed by atoms with E-state index in [0.717, 1.165) is 49.3 Å². The summed E-state index contributed by atoms with van der Waals surface area (Å²) in [5, 5.41) is 11.9. The first-order valence-electron chi connectivity index (χ1n) is 15.1. The molecule has 1 aliphatic carbocycles. The molecule has 1 amide bonds. The van der Waals surface area contributed by atoms with Crippen molar-refractivity contribution >= 4 is 28.2 Å². The Morgan fingerprint density at radius 3 is 2.70 bits per heavy atom. The van der Waals surface area contributed by atoms with Crippen LogP contribution in [0.5, 0.6) is 6.01 Å². The second-order valence-corrected chi connectivity index (χ2v) is 11.5. The molecule has 9 nitrogen and oxygen atoms in total. The minimum Gasteiger partial charge on any atom is -0.463 e. The van der Waals surface area contributed by atoms with Crippen molar-refractivity contribution < 1.29 is 18.7 Å². The molecule has 1 saturated heterocycles. The van der Waals surface area contributed by atoms with Crippen LogP contribution in [0.15, 0.2) is 48.8 Å². The lowest BCUT2D eigenvalue weighted by Gasteiger charge is -2.42. The molecule has 3 heterocycles. The Hall–Kier alpha value is -4.23. The van der Waals surface area contributed by atoms with Gasteiger partial charge in [0.1, 0.15) is 5.82 Å². The van der Waals surface area contributed by atoms with E-state index in [1.165, 1.54) is 26.9 Å². The smallest absolute Gasteiger partial charge is 0.318 e. The highest BCUT2D eigenvalue weighted by molar-refractivity contribution is 5.97. The monoisotopic (exact) mass is 584 g/mol. The van der Waals surface area contributed by atoms with E-state index in [2.05, 4.69) is 65.8 Å². The van der Waals surface area contributed by atoms with Crippen molar-refractivity contribution in [3.63, 3.8) is 0 Å². The van der Waals surface area contributed by atoms with Crippen LogP contribution >= 0.6 is 0 Å². The number of hydrogen-bond donors (Lipinski definition) is 0. The SMILES string of the molecule is C=C(F)C(=O)N1CCN(c2nc(OCCCOC3CC3)nc3c2CCN(c2cccc4cccc(C)c24)C3)C[C@@H]1CC#N. The van der Waals surface area contributed by atoms with Crippen LogP contribution in [-0.4, -0.2) is 72.3 Å². The molecule has 2 aliphatic heterocycles. The van der Waals surface area contributed by atoms with Crippen LogP contribution < -0.4 is 14.5 Å². The zero-order valence-electron chi connectivity index (χ0n) is 24.6. The van der Waals surface area contributed by atoms with Crippen molar-refractivity contribution in [1.82, 2.24) is 14.9 Å². The largest absolute Gasteiger partial charge is 0.463 e. The van der Waals surface area contributed by atoms with Gasteiger partial charge >= 0.3 is 6.01 Å². The van der Waals surface area contributed by atoms with E-state index in [0.29, 0.717) is 45.0 Å². The Morgan fingerprint density at radius 2 is 1.93 bits per heavy atom. The third kappa shape index (κ3) is 6.27. The van der Waals surface area contributed by atoms with E-state index < -0.39 is 17.8 Å². The standard InChI is InChI=1S/C33H37FN6O3/c1-22-6-3-7-24-8-4-9-29(30(22)24)38-15-13-27-28(21-38)36-33(43-19-5-18-42-26-10-11-26)37-31(27)39-16-17-40(32(41)23(2)34)25(20-39)12-14-35/h3-4,6-9,25-26H,2,5,10-13,15-21H2,1H3/t25-/m0/s1. The number of carbonyl (C=O) groups excluding carboxylic acids is 1. The number of nitriles is 1. The number of ether oxygens (including phenoxy) is 2. The van der Waals surface area contributed by atoms with Gasteiger partial charge in [-0.1, -0.05) is 36.9 Å². The summed E-state index contributed by atoms with van der Waals surface area (Å²) in [6.07, 6.45) is 4.22. The Bertz CT molecular complexity index is 1560. The van der Waals surface area contributed by atoms with Crippen LogP contribution in [0.2, 0.25) is 0 Å². The predicted octanol–water partition coefficient (Wildman–Crippen LogP) is 4.86. The fourth-order valence-corrected chi connectivity index (χ4v) is 6.15. The summed E-state index contributed by atoms with van der Waals surface area (Å²) in [5.41, 5.74) is 4.35. The Balaban J connectivity index is 1.29. The van der Waals surface area contributed by atoms with Crippen LogP contribution in [0.4, 0.5) is 15.9 Å². The number of amides is 1. The molecule has 43 heavy (non-hydrogen) atoms. The molecule has 2 aromatic carbocycles. The van der Waals surface area contributed by atoms with Gasteiger partial charge in [0.2, 0.25) is 0 Å². The van der Waals surface area contributed by atoms with Gasteiger partial charge in [0, 0.05) is 49.2 Å². The van der Waals surface area contributed by atoms with Gasteiger partial charge in [-0.3, -0.25) is 4.79 Å². The molecular weight excluding hydrogens is 547 g/mol. The molecule has 3 aliphatic rings. The van der Waals surface area contributed by atoms with Gasteiger partial charge in [0.25, 0.3) is 5.91 Å². The first-order chi connectivity index (χ1) is 20.9. The van der Waals surface area contributed by atoms with Crippen molar-refractivity contribution in [2.75, 3.05) is 49.2 Å². The lowest BCUT2D eigenvalue weighted by Crippen LogP contribution is -2.55. The van der Waals surface area contributed by atoms with Crippen molar-refractivity contribution in [3.8, 4) is 12.1 Å². The molecule has 0 N–H and O–H groups in total. The van der Waals surface area contributed by atoms with Crippen LogP contribution in [-0.2, 0) is 22.5 Å². The van der Waals surface area contributed by atoms with Gasteiger partial charge < -0.3 is 24.2 Å². The Kier molecular flexibility index (Phi) is 8.43. The maximum absolute atomic E-state index is 13.8. The van der Waals surface area contributed by atoms with E-state index in [1.54, 1.807) is 0 Å². The number of piperazine rings is 1. The highest BCUT2D eigenvalue weighted by atomic mass is 19.1. The van der Waals surface area contributed by atoms with Crippen LogP contribution in [0.3, 0.4) is 0 Å².